The summed E-state index contributed by atoms with van der Waals surface area (Å²) < 4.78 is 29.3. The minimum Gasteiger partial charge on any atom is -0.337 e. The third-order valence-corrected chi connectivity index (χ3v) is 6.96. The Kier molecular flexibility index (Phi) is 5.04. The van der Waals surface area contributed by atoms with E-state index in [1.807, 2.05) is 19.9 Å². The molecule has 0 amide bonds. The summed E-state index contributed by atoms with van der Waals surface area (Å²) in [4.78, 5) is 0.325. The van der Waals surface area contributed by atoms with Crippen LogP contribution in [0.1, 0.15) is 51.7 Å². The van der Waals surface area contributed by atoms with Gasteiger partial charge < -0.3 is 5.32 Å². The molecule has 1 aromatic carbocycles. The summed E-state index contributed by atoms with van der Waals surface area (Å²) in [6, 6.07) is 3.56. The van der Waals surface area contributed by atoms with E-state index in [4.69, 9.17) is 0 Å². The average Bonchev–Trinajstić information content (AvgIpc) is 2.28. The van der Waals surface area contributed by atoms with Crippen molar-refractivity contribution in [3.8, 4) is 0 Å². The second-order valence-corrected chi connectivity index (χ2v) is 10.8. The van der Waals surface area contributed by atoms with Crippen molar-refractivity contribution >= 4 is 26.0 Å². The number of halogens is 1. The number of nitrogens with one attached hydrogen (secondary N) is 1. The monoisotopic (exact) mass is 403 g/mol. The summed E-state index contributed by atoms with van der Waals surface area (Å²) in [6.45, 7) is 12.6. The Morgan fingerprint density at radius 2 is 1.57 bits per heavy atom. The first-order valence-corrected chi connectivity index (χ1v) is 10.3. The number of sulfonamides is 1. The zero-order valence-corrected chi connectivity index (χ0v) is 17.2. The topological polar surface area (TPSA) is 62.8 Å². The van der Waals surface area contributed by atoms with Gasteiger partial charge in [-0.15, -0.1) is 0 Å². The standard InChI is InChI=1S/C17H27BrN2O2S/c1-11-7-14(18)15(8-12(11)2)23(21,22)19-13-9-16(3,4)20-17(5,6)10-13/h7-8,13,19-20H,9-10H2,1-6H3/p+1. The Morgan fingerprint density at radius 3 is 2.09 bits per heavy atom. The maximum Gasteiger partial charge on any atom is 0.241 e. The van der Waals surface area contributed by atoms with Crippen molar-refractivity contribution in [2.45, 2.75) is 76.4 Å². The van der Waals surface area contributed by atoms with Crippen LogP contribution in [0.3, 0.4) is 0 Å². The largest absolute Gasteiger partial charge is 0.337 e. The molecular formula is C17H28BrN2O2S+. The number of benzene rings is 1. The van der Waals surface area contributed by atoms with Gasteiger partial charge in [-0.25, -0.2) is 13.1 Å². The molecule has 3 N–H and O–H groups in total. The highest BCUT2D eigenvalue weighted by Gasteiger charge is 2.43. The molecule has 0 atom stereocenters. The molecule has 1 aliphatic rings. The van der Waals surface area contributed by atoms with Gasteiger partial charge in [-0.05, 0) is 80.7 Å². The third-order valence-electron chi connectivity index (χ3n) is 4.49. The fraction of sp³-hybridized carbons (Fsp3) is 0.647. The van der Waals surface area contributed by atoms with Crippen LogP contribution in [-0.4, -0.2) is 25.5 Å². The summed E-state index contributed by atoms with van der Waals surface area (Å²) in [5, 5.41) is 2.34. The highest BCUT2D eigenvalue weighted by molar-refractivity contribution is 9.10. The predicted molar refractivity (Wildman–Crippen MR) is 97.0 cm³/mol. The number of rotatable bonds is 3. The van der Waals surface area contributed by atoms with E-state index in [0.29, 0.717) is 9.37 Å². The fourth-order valence-corrected chi connectivity index (χ4v) is 6.32. The minimum absolute atomic E-state index is 0.0232. The zero-order chi connectivity index (χ0) is 17.6. The molecule has 1 fully saturated rings. The zero-order valence-electron chi connectivity index (χ0n) is 14.8. The molecule has 1 saturated heterocycles. The lowest BCUT2D eigenvalue weighted by Crippen LogP contribution is -3.06. The second kappa shape index (κ2) is 6.14. The van der Waals surface area contributed by atoms with E-state index < -0.39 is 10.0 Å². The Bertz CT molecular complexity index is 696. The summed E-state index contributed by atoms with van der Waals surface area (Å²) in [7, 11) is -3.54. The number of quaternary nitrogens is 1. The van der Waals surface area contributed by atoms with E-state index >= 15 is 0 Å². The van der Waals surface area contributed by atoms with Crippen molar-refractivity contribution < 1.29 is 13.7 Å². The van der Waals surface area contributed by atoms with Crippen molar-refractivity contribution in [2.24, 2.45) is 0 Å². The van der Waals surface area contributed by atoms with Crippen molar-refractivity contribution in [1.29, 1.82) is 0 Å². The molecule has 1 heterocycles. The van der Waals surface area contributed by atoms with Crippen molar-refractivity contribution in [3.63, 3.8) is 0 Å². The van der Waals surface area contributed by atoms with Gasteiger partial charge in [0.15, 0.2) is 0 Å². The van der Waals surface area contributed by atoms with Gasteiger partial charge in [0, 0.05) is 23.4 Å². The maximum atomic E-state index is 12.9. The van der Waals surface area contributed by atoms with Gasteiger partial charge in [0.05, 0.1) is 16.0 Å². The molecule has 1 aliphatic heterocycles. The van der Waals surface area contributed by atoms with Crippen LogP contribution < -0.4 is 10.0 Å². The van der Waals surface area contributed by atoms with Gasteiger partial charge in [-0.3, -0.25) is 0 Å². The van der Waals surface area contributed by atoms with E-state index in [0.717, 1.165) is 24.0 Å². The normalized spacial score (nSPS) is 21.3. The molecule has 0 spiro atoms. The summed E-state index contributed by atoms with van der Waals surface area (Å²) in [5.41, 5.74) is 2.10. The Balaban J connectivity index is 2.30. The van der Waals surface area contributed by atoms with Crippen LogP contribution in [0.15, 0.2) is 21.5 Å². The minimum atomic E-state index is -3.54. The molecule has 4 nitrogen and oxygen atoms in total. The molecule has 0 aliphatic carbocycles. The van der Waals surface area contributed by atoms with Gasteiger partial charge in [0.1, 0.15) is 0 Å². The molecule has 130 valence electrons. The van der Waals surface area contributed by atoms with E-state index in [1.165, 1.54) is 0 Å². The Labute approximate surface area is 148 Å². The van der Waals surface area contributed by atoms with Crippen LogP contribution in [0, 0.1) is 13.8 Å². The van der Waals surface area contributed by atoms with Crippen LogP contribution >= 0.6 is 15.9 Å². The van der Waals surface area contributed by atoms with Crippen LogP contribution in [0.4, 0.5) is 0 Å². The van der Waals surface area contributed by atoms with Crippen molar-refractivity contribution in [1.82, 2.24) is 4.72 Å². The van der Waals surface area contributed by atoms with Gasteiger partial charge in [0.25, 0.3) is 0 Å². The quantitative estimate of drug-likeness (QED) is 0.814. The number of aryl methyl sites for hydroxylation is 2. The van der Waals surface area contributed by atoms with Crippen LogP contribution in [0.2, 0.25) is 0 Å². The smallest absolute Gasteiger partial charge is 0.241 e. The lowest BCUT2D eigenvalue weighted by molar-refractivity contribution is -0.787. The SMILES string of the molecule is Cc1cc(Br)c(S(=O)(=O)NC2CC(C)(C)[NH2+]C(C)(C)C2)cc1C. The lowest BCUT2D eigenvalue weighted by Gasteiger charge is -2.43. The Hall–Kier alpha value is -0.430. The van der Waals surface area contributed by atoms with E-state index in [2.05, 4.69) is 53.7 Å². The van der Waals surface area contributed by atoms with Gasteiger partial charge in [-0.2, -0.15) is 0 Å². The molecule has 6 heteroatoms. The predicted octanol–water partition coefficient (Wildman–Crippen LogP) is 2.63. The molecule has 2 rings (SSSR count). The molecule has 0 unspecified atom stereocenters. The maximum absolute atomic E-state index is 12.9. The average molecular weight is 404 g/mol. The summed E-state index contributed by atoms with van der Waals surface area (Å²) in [5.74, 6) is 0. The number of nitrogens with two attached hydrogens (primary N) is 1. The molecular weight excluding hydrogens is 376 g/mol. The number of piperidine rings is 1. The van der Waals surface area contributed by atoms with Crippen molar-refractivity contribution in [2.75, 3.05) is 0 Å². The number of hydrogen-bond donors (Lipinski definition) is 2. The molecule has 0 aromatic heterocycles. The fourth-order valence-electron chi connectivity index (χ4n) is 3.84. The van der Waals surface area contributed by atoms with Gasteiger partial charge >= 0.3 is 0 Å². The number of hydrogen-bond acceptors (Lipinski definition) is 2. The molecule has 0 radical (unpaired) electrons. The summed E-state index contributed by atoms with van der Waals surface area (Å²) >= 11 is 3.40. The van der Waals surface area contributed by atoms with Crippen LogP contribution in [0.5, 0.6) is 0 Å². The van der Waals surface area contributed by atoms with E-state index in [9.17, 15) is 8.42 Å². The highest BCUT2D eigenvalue weighted by Crippen LogP contribution is 2.28. The summed E-state index contributed by atoms with van der Waals surface area (Å²) in [6.07, 6.45) is 1.64. The lowest BCUT2D eigenvalue weighted by atomic mass is 9.80. The highest BCUT2D eigenvalue weighted by atomic mass is 79.9. The molecule has 0 bridgehead atoms. The first kappa shape index (κ1) is 18.9. The first-order valence-electron chi connectivity index (χ1n) is 7.97. The molecule has 1 aromatic rings. The molecule has 23 heavy (non-hydrogen) atoms. The first-order chi connectivity index (χ1) is 10.3. The van der Waals surface area contributed by atoms with E-state index in [-0.39, 0.29) is 17.1 Å². The van der Waals surface area contributed by atoms with Crippen LogP contribution in [-0.2, 0) is 10.0 Å². The second-order valence-electron chi connectivity index (χ2n) is 8.21. The van der Waals surface area contributed by atoms with Crippen molar-refractivity contribution in [3.05, 3.63) is 27.7 Å². The van der Waals surface area contributed by atoms with Crippen LogP contribution in [0.25, 0.3) is 0 Å². The van der Waals surface area contributed by atoms with Gasteiger partial charge in [0.2, 0.25) is 10.0 Å². The Morgan fingerprint density at radius 1 is 1.09 bits per heavy atom. The molecule has 0 saturated carbocycles. The van der Waals surface area contributed by atoms with Gasteiger partial charge in [-0.1, -0.05) is 0 Å². The van der Waals surface area contributed by atoms with E-state index in [1.54, 1.807) is 6.07 Å². The third kappa shape index (κ3) is 4.56.